The topological polar surface area (TPSA) is 101 Å². The van der Waals surface area contributed by atoms with E-state index in [1.54, 1.807) is 4.57 Å². The van der Waals surface area contributed by atoms with Crippen molar-refractivity contribution in [3.8, 4) is 23.3 Å². The van der Waals surface area contributed by atoms with Crippen molar-refractivity contribution in [2.24, 2.45) is 0 Å². The van der Waals surface area contributed by atoms with E-state index in [1.807, 2.05) is 19.1 Å². The summed E-state index contributed by atoms with van der Waals surface area (Å²) < 4.78 is 60.2. The van der Waals surface area contributed by atoms with Gasteiger partial charge in [0.2, 0.25) is 0 Å². The molecule has 39 heavy (non-hydrogen) atoms. The summed E-state index contributed by atoms with van der Waals surface area (Å²) in [7, 11) is 0. The lowest BCUT2D eigenvalue weighted by Gasteiger charge is -2.34. The number of hydrogen-bond donors (Lipinski definition) is 0. The summed E-state index contributed by atoms with van der Waals surface area (Å²) >= 11 is 0. The van der Waals surface area contributed by atoms with E-state index in [9.17, 15) is 23.3 Å². The molecule has 0 bridgehead atoms. The van der Waals surface area contributed by atoms with Crippen LogP contribution >= 0.6 is 0 Å². The predicted octanol–water partition coefficient (Wildman–Crippen LogP) is 5.28. The van der Waals surface area contributed by atoms with Gasteiger partial charge in [-0.2, -0.15) is 0 Å². The van der Waals surface area contributed by atoms with E-state index in [1.165, 1.54) is 30.5 Å². The van der Waals surface area contributed by atoms with E-state index in [0.29, 0.717) is 25.3 Å². The number of piperidine rings is 1. The molecule has 0 aliphatic carbocycles. The van der Waals surface area contributed by atoms with Gasteiger partial charge in [-0.05, 0) is 59.9 Å². The van der Waals surface area contributed by atoms with Crippen LogP contribution in [-0.2, 0) is 6.54 Å². The summed E-state index contributed by atoms with van der Waals surface area (Å²) in [5.41, 5.74) is 2.04. The third-order valence-electron chi connectivity index (χ3n) is 6.63. The second kappa shape index (κ2) is 10.9. The zero-order valence-corrected chi connectivity index (χ0v) is 21.1. The number of nitro groups is 1. The van der Waals surface area contributed by atoms with Gasteiger partial charge in [-0.25, -0.2) is 0 Å². The number of aromatic nitrogens is 2. The summed E-state index contributed by atoms with van der Waals surface area (Å²) in [6.07, 6.45) is -1.45. The molecule has 5 rings (SSSR count). The number of imidazole rings is 1. The smallest absolute Gasteiger partial charge is 0.490 e. The Morgan fingerprint density at radius 1 is 1.08 bits per heavy atom. The molecule has 1 aromatic heterocycles. The maximum Gasteiger partial charge on any atom is 0.573 e. The van der Waals surface area contributed by atoms with Crippen molar-refractivity contribution in [3.63, 3.8) is 0 Å². The molecular weight excluding hydrogens is 521 g/mol. The molecule has 10 nitrogen and oxygen atoms in total. The summed E-state index contributed by atoms with van der Waals surface area (Å²) in [6, 6.07) is 11.7. The van der Waals surface area contributed by atoms with Crippen LogP contribution in [0.4, 0.5) is 24.7 Å². The maximum atomic E-state index is 12.3. The van der Waals surface area contributed by atoms with Crippen LogP contribution in [0.25, 0.3) is 0 Å². The SMILES string of the molecule is Cc1cc(N2CCC(Oc3ccc(OC(F)(F)F)cc3)CC2)ccc1OCC1CCn2cc([N+](=O)[O-])nc2O1. The average molecular weight is 549 g/mol. The van der Waals surface area contributed by atoms with Crippen molar-refractivity contribution < 1.29 is 37.0 Å². The highest BCUT2D eigenvalue weighted by Crippen LogP contribution is 2.30. The first-order valence-electron chi connectivity index (χ1n) is 12.5. The molecule has 0 amide bonds. The minimum Gasteiger partial charge on any atom is -0.490 e. The lowest BCUT2D eigenvalue weighted by Crippen LogP contribution is -2.38. The lowest BCUT2D eigenvalue weighted by atomic mass is 10.1. The number of halogens is 3. The first-order valence-corrected chi connectivity index (χ1v) is 12.5. The van der Waals surface area contributed by atoms with Gasteiger partial charge in [-0.15, -0.1) is 13.2 Å². The van der Waals surface area contributed by atoms with Crippen molar-refractivity contribution in [1.82, 2.24) is 9.55 Å². The van der Waals surface area contributed by atoms with Crippen LogP contribution in [0.2, 0.25) is 0 Å². The largest absolute Gasteiger partial charge is 0.573 e. The molecule has 1 unspecified atom stereocenters. The Morgan fingerprint density at radius 2 is 1.79 bits per heavy atom. The van der Waals surface area contributed by atoms with Gasteiger partial charge in [0.25, 0.3) is 0 Å². The van der Waals surface area contributed by atoms with Crippen molar-refractivity contribution in [2.45, 2.75) is 51.3 Å². The fraction of sp³-hybridized carbons (Fsp3) is 0.423. The van der Waals surface area contributed by atoms with Gasteiger partial charge in [0.1, 0.15) is 42.3 Å². The fourth-order valence-electron chi connectivity index (χ4n) is 4.66. The molecule has 0 spiro atoms. The molecule has 0 radical (unpaired) electrons. The quantitative estimate of drug-likeness (QED) is 0.277. The summed E-state index contributed by atoms with van der Waals surface area (Å²) in [4.78, 5) is 16.6. The van der Waals surface area contributed by atoms with Crippen LogP contribution in [0.15, 0.2) is 48.7 Å². The Labute approximate surface area is 222 Å². The standard InChI is InChI=1S/C26H27F3N4O6/c1-17-14-18(2-7-23(17)36-16-22-10-13-32-15-24(33(34)35)30-25(32)38-22)31-11-8-20(9-12-31)37-19-3-5-21(6-4-19)39-26(27,28)29/h2-7,14-15,20,22H,8-13,16H2,1H3. The Balaban J connectivity index is 1.09. The molecule has 3 aromatic rings. The summed E-state index contributed by atoms with van der Waals surface area (Å²) in [6.45, 7) is 4.38. The van der Waals surface area contributed by atoms with E-state index in [-0.39, 0.29) is 29.8 Å². The van der Waals surface area contributed by atoms with Crippen molar-refractivity contribution in [2.75, 3.05) is 24.6 Å². The molecular formula is C26H27F3N4O6. The van der Waals surface area contributed by atoms with Gasteiger partial charge in [-0.3, -0.25) is 4.57 Å². The van der Waals surface area contributed by atoms with E-state index < -0.39 is 11.3 Å². The number of hydrogen-bond acceptors (Lipinski definition) is 8. The zero-order chi connectivity index (χ0) is 27.6. The van der Waals surface area contributed by atoms with E-state index in [4.69, 9.17) is 14.2 Å². The number of aryl methyl sites for hydroxylation is 2. The molecule has 0 N–H and O–H groups in total. The molecule has 1 saturated heterocycles. The molecule has 0 saturated carbocycles. The van der Waals surface area contributed by atoms with Crippen LogP contribution in [0.3, 0.4) is 0 Å². The second-order valence-corrected chi connectivity index (χ2v) is 9.44. The van der Waals surface area contributed by atoms with Gasteiger partial charge in [0.05, 0.1) is 0 Å². The third kappa shape index (κ3) is 6.65. The van der Waals surface area contributed by atoms with Crippen LogP contribution in [-0.4, -0.2) is 52.7 Å². The van der Waals surface area contributed by atoms with Crippen LogP contribution in [0, 0.1) is 17.0 Å². The molecule has 13 heteroatoms. The third-order valence-corrected chi connectivity index (χ3v) is 6.63. The number of fused-ring (bicyclic) bond motifs is 1. The summed E-state index contributed by atoms with van der Waals surface area (Å²) in [5, 5.41) is 10.9. The Bertz CT molecular complexity index is 1310. The molecule has 3 heterocycles. The molecule has 208 valence electrons. The number of rotatable bonds is 8. The highest BCUT2D eigenvalue weighted by Gasteiger charge is 2.31. The number of alkyl halides is 3. The van der Waals surface area contributed by atoms with Gasteiger partial charge in [-0.1, -0.05) is 0 Å². The predicted molar refractivity (Wildman–Crippen MR) is 134 cm³/mol. The Kier molecular flexibility index (Phi) is 7.40. The van der Waals surface area contributed by atoms with Gasteiger partial charge in [0, 0.05) is 49.6 Å². The van der Waals surface area contributed by atoms with Crippen LogP contribution in [0.5, 0.6) is 23.3 Å². The Morgan fingerprint density at radius 3 is 2.46 bits per heavy atom. The van der Waals surface area contributed by atoms with Crippen molar-refractivity contribution in [3.05, 3.63) is 64.3 Å². The first-order chi connectivity index (χ1) is 18.6. The summed E-state index contributed by atoms with van der Waals surface area (Å²) in [5.74, 6) is 0.724. The van der Waals surface area contributed by atoms with Gasteiger partial charge in [0.15, 0.2) is 0 Å². The van der Waals surface area contributed by atoms with Crippen LogP contribution in [0.1, 0.15) is 24.8 Å². The van der Waals surface area contributed by atoms with E-state index >= 15 is 0 Å². The minimum absolute atomic E-state index is 0.0353. The average Bonchev–Trinajstić information content (AvgIpc) is 3.33. The number of nitrogens with zero attached hydrogens (tertiary/aromatic N) is 4. The highest BCUT2D eigenvalue weighted by molar-refractivity contribution is 5.53. The van der Waals surface area contributed by atoms with E-state index in [2.05, 4.69) is 20.7 Å². The monoisotopic (exact) mass is 548 g/mol. The van der Waals surface area contributed by atoms with E-state index in [0.717, 1.165) is 42.9 Å². The first kappa shape index (κ1) is 26.4. The lowest BCUT2D eigenvalue weighted by molar-refractivity contribution is -0.389. The number of anilines is 1. The number of benzene rings is 2. The fourth-order valence-corrected chi connectivity index (χ4v) is 4.66. The van der Waals surface area contributed by atoms with Gasteiger partial charge < -0.3 is 34.0 Å². The van der Waals surface area contributed by atoms with Gasteiger partial charge >= 0.3 is 18.2 Å². The molecule has 2 aliphatic heterocycles. The zero-order valence-electron chi connectivity index (χ0n) is 21.1. The maximum absolute atomic E-state index is 12.3. The normalized spacial score (nSPS) is 17.7. The molecule has 2 aliphatic rings. The number of ether oxygens (including phenoxy) is 4. The molecule has 2 aromatic carbocycles. The second-order valence-electron chi connectivity index (χ2n) is 9.44. The van der Waals surface area contributed by atoms with Crippen molar-refractivity contribution >= 4 is 11.5 Å². The van der Waals surface area contributed by atoms with Crippen LogP contribution < -0.4 is 23.8 Å². The Hall–Kier alpha value is -4.16. The minimum atomic E-state index is -4.72. The highest BCUT2D eigenvalue weighted by atomic mass is 19.4. The molecule has 1 atom stereocenters. The van der Waals surface area contributed by atoms with Crippen molar-refractivity contribution in [1.29, 1.82) is 0 Å². The molecule has 1 fully saturated rings.